The zero-order valence-electron chi connectivity index (χ0n) is 8.72. The molecule has 17 heavy (non-hydrogen) atoms. The molecule has 0 atom stereocenters. The minimum atomic E-state index is 0. The van der Waals surface area contributed by atoms with Crippen molar-refractivity contribution in [2.24, 2.45) is 0 Å². The molecule has 0 aromatic carbocycles. The Balaban J connectivity index is 0.000000722. The lowest BCUT2D eigenvalue weighted by Gasteiger charge is -1.92. The maximum Gasteiger partial charge on any atom is 0.155 e. The first-order chi connectivity index (χ1) is 7.43. The van der Waals surface area contributed by atoms with E-state index in [1.807, 2.05) is 30.5 Å². The summed E-state index contributed by atoms with van der Waals surface area (Å²) in [5.41, 5.74) is 2.82. The number of aromatic nitrogens is 4. The molecule has 0 fully saturated rings. The monoisotopic (exact) mass is 268 g/mol. The number of halogens is 2. The number of hydrogen-bond donors (Lipinski definition) is 0. The molecule has 3 aromatic rings. The zero-order chi connectivity index (χ0) is 10.1. The van der Waals surface area contributed by atoms with Crippen molar-refractivity contribution in [1.29, 1.82) is 0 Å². The van der Waals surface area contributed by atoms with E-state index in [1.54, 1.807) is 23.1 Å². The average molecular weight is 269 g/mol. The second-order valence-corrected chi connectivity index (χ2v) is 3.19. The van der Waals surface area contributed by atoms with Gasteiger partial charge in [0.2, 0.25) is 0 Å². The molecule has 88 valence electrons. The first kappa shape index (κ1) is 13.4. The third kappa shape index (κ3) is 2.54. The highest BCUT2D eigenvalue weighted by atomic mass is 35.5. The summed E-state index contributed by atoms with van der Waals surface area (Å²) in [6.45, 7) is 0. The summed E-state index contributed by atoms with van der Waals surface area (Å²) in [6, 6.07) is 7.68. The summed E-state index contributed by atoms with van der Waals surface area (Å²) >= 11 is 0. The number of nitrogens with zero attached hydrogens (tertiary/aromatic N) is 4. The topological polar surface area (TPSA) is 43.1 Å². The highest BCUT2D eigenvalue weighted by molar-refractivity contribution is 5.85. The molecule has 0 saturated carbocycles. The standard InChI is InChI=1S/C11H8N4.2ClH/c1-4-13-11-8-10(14-15(11)7-1)9-2-5-12-6-3-9;;/h1-8H;2*1H. The van der Waals surface area contributed by atoms with E-state index in [4.69, 9.17) is 0 Å². The number of rotatable bonds is 1. The highest BCUT2D eigenvalue weighted by Crippen LogP contribution is 2.17. The van der Waals surface area contributed by atoms with Crippen LogP contribution >= 0.6 is 24.8 Å². The van der Waals surface area contributed by atoms with Crippen molar-refractivity contribution in [3.63, 3.8) is 0 Å². The van der Waals surface area contributed by atoms with Crippen LogP contribution in [0.2, 0.25) is 0 Å². The summed E-state index contributed by atoms with van der Waals surface area (Å²) < 4.78 is 1.76. The number of fused-ring (bicyclic) bond motifs is 1. The van der Waals surface area contributed by atoms with E-state index in [2.05, 4.69) is 15.1 Å². The molecule has 0 N–H and O–H groups in total. The van der Waals surface area contributed by atoms with Gasteiger partial charge in [-0.25, -0.2) is 9.50 Å². The van der Waals surface area contributed by atoms with E-state index in [0.717, 1.165) is 16.9 Å². The van der Waals surface area contributed by atoms with Crippen LogP contribution in [-0.4, -0.2) is 19.6 Å². The largest absolute Gasteiger partial charge is 0.265 e. The van der Waals surface area contributed by atoms with Gasteiger partial charge in [0.15, 0.2) is 5.65 Å². The fraction of sp³-hybridized carbons (Fsp3) is 0. The Bertz CT molecular complexity index is 561. The second-order valence-electron chi connectivity index (χ2n) is 3.19. The molecule has 3 rings (SSSR count). The van der Waals surface area contributed by atoms with Crippen LogP contribution in [0.4, 0.5) is 0 Å². The van der Waals surface area contributed by atoms with E-state index >= 15 is 0 Å². The Kier molecular flexibility index (Phi) is 4.43. The molecule has 0 bridgehead atoms. The minimum absolute atomic E-state index is 0. The van der Waals surface area contributed by atoms with Gasteiger partial charge in [0, 0.05) is 36.4 Å². The van der Waals surface area contributed by atoms with E-state index in [-0.39, 0.29) is 24.8 Å². The van der Waals surface area contributed by atoms with Crippen LogP contribution in [0.25, 0.3) is 16.9 Å². The van der Waals surface area contributed by atoms with Crippen LogP contribution in [0.1, 0.15) is 0 Å². The summed E-state index contributed by atoms with van der Waals surface area (Å²) in [5, 5.41) is 4.41. The maximum absolute atomic E-state index is 4.41. The van der Waals surface area contributed by atoms with Gasteiger partial charge in [-0.2, -0.15) is 5.10 Å². The van der Waals surface area contributed by atoms with E-state index < -0.39 is 0 Å². The third-order valence-corrected chi connectivity index (χ3v) is 2.21. The predicted octanol–water partition coefficient (Wildman–Crippen LogP) is 2.63. The normalized spacial score (nSPS) is 9.41. The first-order valence-corrected chi connectivity index (χ1v) is 4.64. The summed E-state index contributed by atoms with van der Waals surface area (Å²) in [4.78, 5) is 8.19. The lowest BCUT2D eigenvalue weighted by Crippen LogP contribution is -1.87. The molecule has 0 spiro atoms. The molecule has 0 aliphatic carbocycles. The lowest BCUT2D eigenvalue weighted by atomic mass is 10.2. The van der Waals surface area contributed by atoms with E-state index in [1.165, 1.54) is 0 Å². The summed E-state index contributed by atoms with van der Waals surface area (Å²) in [6.07, 6.45) is 7.15. The zero-order valence-corrected chi connectivity index (χ0v) is 10.4. The molecule has 0 aliphatic heterocycles. The molecule has 4 nitrogen and oxygen atoms in total. The molecule has 6 heteroatoms. The maximum atomic E-state index is 4.41. The van der Waals surface area contributed by atoms with Crippen molar-refractivity contribution >= 4 is 30.5 Å². The van der Waals surface area contributed by atoms with Gasteiger partial charge in [0.05, 0.1) is 5.69 Å². The second kappa shape index (κ2) is 5.61. The predicted molar refractivity (Wildman–Crippen MR) is 70.7 cm³/mol. The van der Waals surface area contributed by atoms with Crippen molar-refractivity contribution in [2.45, 2.75) is 0 Å². The molecular formula is C11H10Cl2N4. The van der Waals surface area contributed by atoms with Gasteiger partial charge in [0.1, 0.15) is 0 Å². The SMILES string of the molecule is Cl.Cl.c1cnc2cc(-c3ccncc3)nn2c1. The van der Waals surface area contributed by atoms with Crippen molar-refractivity contribution in [3.05, 3.63) is 49.1 Å². The fourth-order valence-corrected chi connectivity index (χ4v) is 1.49. The van der Waals surface area contributed by atoms with Crippen LogP contribution in [0.5, 0.6) is 0 Å². The summed E-state index contributed by atoms with van der Waals surface area (Å²) in [5.74, 6) is 0. The van der Waals surface area contributed by atoms with Gasteiger partial charge in [-0.05, 0) is 18.2 Å². The van der Waals surface area contributed by atoms with Crippen molar-refractivity contribution in [2.75, 3.05) is 0 Å². The molecule has 3 heterocycles. The van der Waals surface area contributed by atoms with E-state index in [9.17, 15) is 0 Å². The van der Waals surface area contributed by atoms with Gasteiger partial charge in [-0.1, -0.05) is 0 Å². The fourth-order valence-electron chi connectivity index (χ4n) is 1.49. The van der Waals surface area contributed by atoms with Crippen molar-refractivity contribution in [1.82, 2.24) is 19.6 Å². The average Bonchev–Trinajstić information content (AvgIpc) is 2.74. The minimum Gasteiger partial charge on any atom is -0.265 e. The molecule has 0 saturated heterocycles. The molecule has 0 unspecified atom stereocenters. The van der Waals surface area contributed by atoms with Crippen LogP contribution in [0.15, 0.2) is 49.1 Å². The number of hydrogen-bond acceptors (Lipinski definition) is 3. The van der Waals surface area contributed by atoms with Gasteiger partial charge in [-0.3, -0.25) is 4.98 Å². The third-order valence-electron chi connectivity index (χ3n) is 2.21. The number of pyridine rings is 1. The summed E-state index contributed by atoms with van der Waals surface area (Å²) in [7, 11) is 0. The molecule has 0 radical (unpaired) electrons. The molecule has 3 aromatic heterocycles. The lowest BCUT2D eigenvalue weighted by molar-refractivity contribution is 0.943. The van der Waals surface area contributed by atoms with Crippen LogP contribution in [-0.2, 0) is 0 Å². The Morgan fingerprint density at radius 2 is 1.76 bits per heavy atom. The van der Waals surface area contributed by atoms with Gasteiger partial charge in [-0.15, -0.1) is 24.8 Å². The smallest absolute Gasteiger partial charge is 0.155 e. The molecule has 0 aliphatic rings. The molecular weight excluding hydrogens is 259 g/mol. The first-order valence-electron chi connectivity index (χ1n) is 4.64. The van der Waals surface area contributed by atoms with Gasteiger partial charge in [0.25, 0.3) is 0 Å². The Morgan fingerprint density at radius 3 is 2.47 bits per heavy atom. The van der Waals surface area contributed by atoms with Crippen molar-refractivity contribution in [3.8, 4) is 11.3 Å². The Hall–Kier alpha value is -1.65. The quantitative estimate of drug-likeness (QED) is 0.682. The van der Waals surface area contributed by atoms with Crippen LogP contribution in [0.3, 0.4) is 0 Å². The van der Waals surface area contributed by atoms with Gasteiger partial charge < -0.3 is 0 Å². The van der Waals surface area contributed by atoms with Gasteiger partial charge >= 0.3 is 0 Å². The van der Waals surface area contributed by atoms with Crippen LogP contribution in [0, 0.1) is 0 Å². The molecule has 0 amide bonds. The van der Waals surface area contributed by atoms with Crippen LogP contribution < -0.4 is 0 Å². The van der Waals surface area contributed by atoms with E-state index in [0.29, 0.717) is 0 Å². The Labute approximate surface area is 111 Å². The van der Waals surface area contributed by atoms with Crippen molar-refractivity contribution < 1.29 is 0 Å². The Morgan fingerprint density at radius 1 is 1.00 bits per heavy atom. The highest BCUT2D eigenvalue weighted by Gasteiger charge is 2.03.